The summed E-state index contributed by atoms with van der Waals surface area (Å²) in [6.07, 6.45) is 0. The van der Waals surface area contributed by atoms with E-state index >= 15 is 0 Å². The summed E-state index contributed by atoms with van der Waals surface area (Å²) in [7, 11) is 0. The normalized spacial score (nSPS) is 10.9. The number of rotatable bonds is 1. The highest BCUT2D eigenvalue weighted by molar-refractivity contribution is 6.45. The first-order chi connectivity index (χ1) is 7.02. The maximum absolute atomic E-state index is 11.3. The van der Waals surface area contributed by atoms with E-state index in [0.717, 1.165) is 10.9 Å². The first kappa shape index (κ1) is 10.5. The first-order valence-electron chi connectivity index (χ1n) is 4.40. The van der Waals surface area contributed by atoms with Crippen LogP contribution in [0, 0.1) is 6.92 Å². The summed E-state index contributed by atoms with van der Waals surface area (Å²) in [6.45, 7) is 3.28. The van der Waals surface area contributed by atoms with E-state index in [1.165, 1.54) is 6.92 Å². The van der Waals surface area contributed by atoms with Crippen LogP contribution in [0.25, 0.3) is 11.0 Å². The highest BCUT2D eigenvalue weighted by atomic mass is 35.5. The van der Waals surface area contributed by atoms with Gasteiger partial charge in [-0.05, 0) is 19.1 Å². The van der Waals surface area contributed by atoms with Crippen molar-refractivity contribution < 1.29 is 9.21 Å². The molecule has 0 aliphatic carbocycles. The Bertz CT molecular complexity index is 555. The molecule has 0 unspecified atom stereocenters. The van der Waals surface area contributed by atoms with Crippen molar-refractivity contribution in [2.75, 3.05) is 0 Å². The zero-order valence-corrected chi connectivity index (χ0v) is 9.74. The van der Waals surface area contributed by atoms with Gasteiger partial charge in [-0.3, -0.25) is 4.79 Å². The van der Waals surface area contributed by atoms with Gasteiger partial charge in [-0.25, -0.2) is 0 Å². The van der Waals surface area contributed by atoms with Crippen LogP contribution < -0.4 is 0 Å². The summed E-state index contributed by atoms with van der Waals surface area (Å²) in [6, 6.07) is 3.49. The number of benzene rings is 1. The number of halogens is 2. The molecule has 0 radical (unpaired) electrons. The molecule has 1 heterocycles. The van der Waals surface area contributed by atoms with Gasteiger partial charge in [0.25, 0.3) is 0 Å². The lowest BCUT2D eigenvalue weighted by Crippen LogP contribution is -1.90. The SMILES string of the molecule is CC(=O)c1oc2c(Cl)c(Cl)ccc2c1C. The number of hydrogen-bond donors (Lipinski definition) is 0. The number of ketones is 1. The average molecular weight is 243 g/mol. The summed E-state index contributed by atoms with van der Waals surface area (Å²) >= 11 is 11.8. The lowest BCUT2D eigenvalue weighted by molar-refractivity contribution is 0.0988. The predicted octanol–water partition coefficient (Wildman–Crippen LogP) is 4.25. The zero-order valence-electron chi connectivity index (χ0n) is 8.23. The number of hydrogen-bond acceptors (Lipinski definition) is 2. The summed E-state index contributed by atoms with van der Waals surface area (Å²) in [5.74, 6) is 0.227. The Labute approximate surface area is 96.8 Å². The van der Waals surface area contributed by atoms with E-state index in [0.29, 0.717) is 21.4 Å². The second kappa shape index (κ2) is 3.54. The highest BCUT2D eigenvalue weighted by Crippen LogP contribution is 2.35. The Morgan fingerprint density at radius 2 is 2.00 bits per heavy atom. The lowest BCUT2D eigenvalue weighted by atomic mass is 10.1. The van der Waals surface area contributed by atoms with Crippen molar-refractivity contribution in [2.45, 2.75) is 13.8 Å². The zero-order chi connectivity index (χ0) is 11.2. The van der Waals surface area contributed by atoms with Crippen LogP contribution in [0.3, 0.4) is 0 Å². The van der Waals surface area contributed by atoms with E-state index < -0.39 is 0 Å². The Morgan fingerprint density at radius 3 is 2.60 bits per heavy atom. The average Bonchev–Trinajstić information content (AvgIpc) is 2.51. The van der Waals surface area contributed by atoms with Gasteiger partial charge in [-0.15, -0.1) is 0 Å². The fourth-order valence-corrected chi connectivity index (χ4v) is 1.92. The van der Waals surface area contributed by atoms with Gasteiger partial charge in [0.1, 0.15) is 5.02 Å². The Kier molecular flexibility index (Phi) is 2.49. The summed E-state index contributed by atoms with van der Waals surface area (Å²) in [4.78, 5) is 11.3. The van der Waals surface area contributed by atoms with Gasteiger partial charge in [0.05, 0.1) is 5.02 Å². The van der Waals surface area contributed by atoms with E-state index in [2.05, 4.69) is 0 Å². The van der Waals surface area contributed by atoms with Crippen LogP contribution in [0.15, 0.2) is 16.5 Å². The monoisotopic (exact) mass is 242 g/mol. The molecule has 15 heavy (non-hydrogen) atoms. The minimum Gasteiger partial charge on any atom is -0.451 e. The molecular formula is C11H8Cl2O2. The largest absolute Gasteiger partial charge is 0.451 e. The number of Topliss-reactive ketones (excluding diaryl/α,β-unsaturated/α-hetero) is 1. The van der Waals surface area contributed by atoms with Crippen molar-refractivity contribution in [1.29, 1.82) is 0 Å². The van der Waals surface area contributed by atoms with Crippen LogP contribution in [0.4, 0.5) is 0 Å². The molecule has 0 atom stereocenters. The Hall–Kier alpha value is -0.990. The lowest BCUT2D eigenvalue weighted by Gasteiger charge is -1.94. The van der Waals surface area contributed by atoms with E-state index in [-0.39, 0.29) is 5.78 Å². The molecule has 0 amide bonds. The van der Waals surface area contributed by atoms with E-state index in [1.807, 2.05) is 6.92 Å². The van der Waals surface area contributed by atoms with Crippen LogP contribution >= 0.6 is 23.2 Å². The van der Waals surface area contributed by atoms with Crippen LogP contribution in [-0.2, 0) is 0 Å². The van der Waals surface area contributed by atoms with Crippen LogP contribution in [0.1, 0.15) is 23.0 Å². The smallest absolute Gasteiger partial charge is 0.195 e. The van der Waals surface area contributed by atoms with Crippen molar-refractivity contribution in [3.05, 3.63) is 33.5 Å². The van der Waals surface area contributed by atoms with Crippen LogP contribution in [0.2, 0.25) is 10.0 Å². The third kappa shape index (κ3) is 1.54. The fourth-order valence-electron chi connectivity index (χ4n) is 1.56. The quantitative estimate of drug-likeness (QED) is 0.700. The number of furan rings is 1. The van der Waals surface area contributed by atoms with Gasteiger partial charge in [0.2, 0.25) is 0 Å². The summed E-state index contributed by atoms with van der Waals surface area (Å²) in [5.41, 5.74) is 1.28. The van der Waals surface area contributed by atoms with Crippen molar-refractivity contribution in [3.63, 3.8) is 0 Å². The molecule has 0 aliphatic rings. The predicted molar refractivity (Wildman–Crippen MR) is 61.0 cm³/mol. The molecule has 2 aromatic rings. The second-order valence-electron chi connectivity index (χ2n) is 3.35. The van der Waals surface area contributed by atoms with Gasteiger partial charge in [-0.2, -0.15) is 0 Å². The molecule has 2 nitrogen and oxygen atoms in total. The molecule has 78 valence electrons. The molecule has 1 aromatic heterocycles. The summed E-state index contributed by atoms with van der Waals surface area (Å²) < 4.78 is 5.41. The minimum absolute atomic E-state index is 0.115. The van der Waals surface area contributed by atoms with E-state index in [4.69, 9.17) is 27.6 Å². The Morgan fingerprint density at radius 1 is 1.33 bits per heavy atom. The van der Waals surface area contributed by atoms with Crippen molar-refractivity contribution in [2.24, 2.45) is 0 Å². The first-order valence-corrected chi connectivity index (χ1v) is 5.16. The molecule has 0 N–H and O–H groups in total. The number of carbonyl (C=O) groups excluding carboxylic acids is 1. The van der Waals surface area contributed by atoms with Gasteiger partial charge in [0, 0.05) is 17.9 Å². The van der Waals surface area contributed by atoms with E-state index in [9.17, 15) is 4.79 Å². The molecule has 0 spiro atoms. The minimum atomic E-state index is -0.115. The molecule has 2 rings (SSSR count). The topological polar surface area (TPSA) is 30.2 Å². The second-order valence-corrected chi connectivity index (χ2v) is 4.14. The number of fused-ring (bicyclic) bond motifs is 1. The molecule has 0 saturated carbocycles. The van der Waals surface area contributed by atoms with Crippen molar-refractivity contribution in [3.8, 4) is 0 Å². The third-order valence-corrected chi connectivity index (χ3v) is 3.11. The molecule has 0 bridgehead atoms. The van der Waals surface area contributed by atoms with Gasteiger partial charge >= 0.3 is 0 Å². The van der Waals surface area contributed by atoms with Gasteiger partial charge in [0.15, 0.2) is 17.1 Å². The van der Waals surface area contributed by atoms with E-state index in [1.54, 1.807) is 12.1 Å². The van der Waals surface area contributed by atoms with Crippen molar-refractivity contribution >= 4 is 40.0 Å². The standard InChI is InChI=1S/C11H8Cl2O2/c1-5-7-3-4-8(12)9(13)11(7)15-10(5)6(2)14/h3-4H,1-2H3. The third-order valence-electron chi connectivity index (χ3n) is 2.32. The Balaban J connectivity index is 2.88. The molecule has 0 aliphatic heterocycles. The molecular weight excluding hydrogens is 235 g/mol. The number of carbonyl (C=O) groups is 1. The maximum Gasteiger partial charge on any atom is 0.195 e. The molecule has 1 aromatic carbocycles. The van der Waals surface area contributed by atoms with Crippen LogP contribution in [-0.4, -0.2) is 5.78 Å². The molecule has 4 heteroatoms. The van der Waals surface area contributed by atoms with Crippen molar-refractivity contribution in [1.82, 2.24) is 0 Å². The highest BCUT2D eigenvalue weighted by Gasteiger charge is 2.17. The number of aryl methyl sites for hydroxylation is 1. The van der Waals surface area contributed by atoms with Gasteiger partial charge < -0.3 is 4.42 Å². The molecule has 0 saturated heterocycles. The maximum atomic E-state index is 11.3. The van der Waals surface area contributed by atoms with Gasteiger partial charge in [-0.1, -0.05) is 23.2 Å². The fraction of sp³-hybridized carbons (Fsp3) is 0.182. The van der Waals surface area contributed by atoms with Crippen LogP contribution in [0.5, 0.6) is 0 Å². The molecule has 0 fully saturated rings. The summed E-state index contributed by atoms with van der Waals surface area (Å²) in [5, 5.41) is 1.60.